The Labute approximate surface area is 130 Å². The van der Waals surface area contributed by atoms with Crippen LogP contribution in [-0.2, 0) is 22.7 Å². The molecule has 0 atom stereocenters. The molecule has 0 fully saturated rings. The molecule has 0 unspecified atom stereocenters. The molecule has 1 aromatic rings. The lowest BCUT2D eigenvalue weighted by Crippen LogP contribution is -2.30. The summed E-state index contributed by atoms with van der Waals surface area (Å²) in [5.74, 6) is -2.48. The van der Waals surface area contributed by atoms with Gasteiger partial charge in [0.15, 0.2) is 0 Å². The Hall–Kier alpha value is -1.99. The lowest BCUT2D eigenvalue weighted by Gasteiger charge is -2.07. The first-order chi connectivity index (χ1) is 10.6. The third-order valence-electron chi connectivity index (χ3n) is 3.04. The number of hydrogen-bond acceptors (Lipinski definition) is 5. The third-order valence-corrected chi connectivity index (χ3v) is 3.04. The Bertz CT molecular complexity index is 480. The normalized spacial score (nSPS) is 10.4. The maximum Gasteiger partial charge on any atom is 0.394 e. The van der Waals surface area contributed by atoms with E-state index in [2.05, 4.69) is 27.9 Å². The zero-order valence-corrected chi connectivity index (χ0v) is 12.9. The van der Waals surface area contributed by atoms with E-state index in [1.165, 1.54) is 0 Å². The van der Waals surface area contributed by atoms with E-state index in [9.17, 15) is 9.59 Å². The van der Waals surface area contributed by atoms with E-state index in [0.29, 0.717) is 6.54 Å². The number of hydrogen-bond donors (Lipinski definition) is 4. The van der Waals surface area contributed by atoms with Gasteiger partial charge in [-0.25, -0.2) is 4.79 Å². The molecule has 0 aromatic carbocycles. The van der Waals surface area contributed by atoms with Crippen molar-refractivity contribution in [3.05, 3.63) is 29.6 Å². The number of amides is 1. The minimum absolute atomic E-state index is 0.184. The van der Waals surface area contributed by atoms with Crippen LogP contribution in [0.5, 0.6) is 0 Å². The summed E-state index contributed by atoms with van der Waals surface area (Å²) in [7, 11) is 0. The highest BCUT2D eigenvalue weighted by Gasteiger charge is 2.09. The molecule has 0 aliphatic rings. The summed E-state index contributed by atoms with van der Waals surface area (Å²) in [6, 6.07) is 3.61. The predicted molar refractivity (Wildman–Crippen MR) is 83.2 cm³/mol. The van der Waals surface area contributed by atoms with Crippen LogP contribution in [-0.4, -0.2) is 41.6 Å². The Morgan fingerprint density at radius 3 is 2.59 bits per heavy atom. The highest BCUT2D eigenvalue weighted by Crippen LogP contribution is 2.01. The average Bonchev–Trinajstić information content (AvgIpc) is 2.52. The maximum atomic E-state index is 11.0. The highest BCUT2D eigenvalue weighted by molar-refractivity contribution is 6.31. The van der Waals surface area contributed by atoms with Crippen LogP contribution < -0.4 is 16.0 Å². The second-order valence-corrected chi connectivity index (χ2v) is 4.88. The number of pyridine rings is 1. The molecule has 0 radical (unpaired) electrons. The quantitative estimate of drug-likeness (QED) is 0.365. The van der Waals surface area contributed by atoms with Gasteiger partial charge < -0.3 is 21.1 Å². The second-order valence-electron chi connectivity index (χ2n) is 4.88. The summed E-state index contributed by atoms with van der Waals surface area (Å²) in [6.45, 7) is 5.89. The molecule has 7 nitrogen and oxygen atoms in total. The number of nitrogens with one attached hydrogen (secondary N) is 3. The van der Waals surface area contributed by atoms with Crippen LogP contribution >= 0.6 is 0 Å². The minimum Gasteiger partial charge on any atom is -0.474 e. The second kappa shape index (κ2) is 10.7. The van der Waals surface area contributed by atoms with Crippen molar-refractivity contribution in [2.45, 2.75) is 32.9 Å². The molecule has 0 bridgehead atoms. The topological polar surface area (TPSA) is 103 Å². The maximum absolute atomic E-state index is 11.0. The monoisotopic (exact) mass is 308 g/mol. The number of aromatic nitrogens is 1. The van der Waals surface area contributed by atoms with Crippen molar-refractivity contribution < 1.29 is 14.7 Å². The predicted octanol–water partition coefficient (Wildman–Crippen LogP) is 0.262. The van der Waals surface area contributed by atoms with E-state index >= 15 is 0 Å². The average molecular weight is 308 g/mol. The zero-order valence-electron chi connectivity index (χ0n) is 12.9. The number of nitrogens with zero attached hydrogens (tertiary/aromatic N) is 1. The molecule has 4 N–H and O–H groups in total. The molecule has 122 valence electrons. The van der Waals surface area contributed by atoms with Crippen LogP contribution in [0.1, 0.15) is 31.0 Å². The van der Waals surface area contributed by atoms with E-state index in [4.69, 9.17) is 5.11 Å². The fourth-order valence-electron chi connectivity index (χ4n) is 1.89. The first kappa shape index (κ1) is 18.1. The Kier molecular flexibility index (Phi) is 8.78. The van der Waals surface area contributed by atoms with Gasteiger partial charge in [-0.2, -0.15) is 0 Å². The number of rotatable bonds is 10. The fourth-order valence-corrected chi connectivity index (χ4v) is 1.89. The molecule has 0 saturated carbocycles. The Morgan fingerprint density at radius 2 is 1.91 bits per heavy atom. The summed E-state index contributed by atoms with van der Waals surface area (Å²) in [4.78, 5) is 25.6. The van der Waals surface area contributed by atoms with Crippen molar-refractivity contribution in [2.24, 2.45) is 0 Å². The zero-order chi connectivity index (χ0) is 16.2. The van der Waals surface area contributed by atoms with Crippen molar-refractivity contribution in [2.75, 3.05) is 19.6 Å². The van der Waals surface area contributed by atoms with E-state index in [-0.39, 0.29) is 6.54 Å². The van der Waals surface area contributed by atoms with Gasteiger partial charge in [0.25, 0.3) is 0 Å². The van der Waals surface area contributed by atoms with Gasteiger partial charge in [-0.15, -0.1) is 0 Å². The Balaban J connectivity index is 2.26. The lowest BCUT2D eigenvalue weighted by molar-refractivity contribution is -0.150. The lowest BCUT2D eigenvalue weighted by atomic mass is 10.2. The molecule has 1 amide bonds. The molecule has 0 saturated heterocycles. The number of aliphatic carboxylic acids is 1. The molecule has 22 heavy (non-hydrogen) atoms. The SMILES string of the molecule is CCNCCCCNCc1cc(CNC(=O)C(=O)O)ccn1. The first-order valence-electron chi connectivity index (χ1n) is 7.50. The number of carbonyl (C=O) groups excluding carboxylic acids is 1. The molecule has 7 heteroatoms. The largest absolute Gasteiger partial charge is 0.474 e. The number of carbonyl (C=O) groups is 2. The Morgan fingerprint density at radius 1 is 1.18 bits per heavy atom. The van der Waals surface area contributed by atoms with E-state index in [1.807, 2.05) is 6.07 Å². The smallest absolute Gasteiger partial charge is 0.394 e. The van der Waals surface area contributed by atoms with Crippen molar-refractivity contribution in [1.29, 1.82) is 0 Å². The first-order valence-corrected chi connectivity index (χ1v) is 7.50. The van der Waals surface area contributed by atoms with Crippen LogP contribution in [0.15, 0.2) is 18.3 Å². The standard InChI is InChI=1S/C15H24N4O3/c1-2-16-6-3-4-7-17-11-13-9-12(5-8-18-13)10-19-14(20)15(21)22/h5,8-9,16-17H,2-4,6-7,10-11H2,1H3,(H,19,20)(H,21,22). The summed E-state index contributed by atoms with van der Waals surface area (Å²) in [6.07, 6.45) is 3.89. The van der Waals surface area contributed by atoms with E-state index in [1.54, 1.807) is 12.3 Å². The van der Waals surface area contributed by atoms with Gasteiger partial charge in [0.1, 0.15) is 0 Å². The van der Waals surface area contributed by atoms with Gasteiger partial charge >= 0.3 is 11.9 Å². The molecular formula is C15H24N4O3. The summed E-state index contributed by atoms with van der Waals surface area (Å²) >= 11 is 0. The molecule has 0 aliphatic carbocycles. The van der Waals surface area contributed by atoms with Gasteiger partial charge in [-0.1, -0.05) is 6.92 Å². The summed E-state index contributed by atoms with van der Waals surface area (Å²) in [5.41, 5.74) is 1.70. The third kappa shape index (κ3) is 7.70. The molecule has 1 aromatic heterocycles. The van der Waals surface area contributed by atoms with Crippen LogP contribution in [0.2, 0.25) is 0 Å². The van der Waals surface area contributed by atoms with Gasteiger partial charge in [-0.3, -0.25) is 9.78 Å². The van der Waals surface area contributed by atoms with Crippen LogP contribution in [0.25, 0.3) is 0 Å². The molecule has 1 rings (SSSR count). The number of unbranched alkanes of at least 4 members (excludes halogenated alkanes) is 1. The summed E-state index contributed by atoms with van der Waals surface area (Å²) < 4.78 is 0. The van der Waals surface area contributed by atoms with Crippen LogP contribution in [0, 0.1) is 0 Å². The number of carboxylic acids is 1. The molecule has 0 spiro atoms. The van der Waals surface area contributed by atoms with Gasteiger partial charge in [0.2, 0.25) is 0 Å². The number of carboxylic acid groups (broad SMARTS) is 1. The van der Waals surface area contributed by atoms with Gasteiger partial charge in [0.05, 0.1) is 5.69 Å². The highest BCUT2D eigenvalue weighted by atomic mass is 16.4. The molecule has 1 heterocycles. The van der Waals surface area contributed by atoms with E-state index < -0.39 is 11.9 Å². The van der Waals surface area contributed by atoms with Crippen molar-refractivity contribution in [1.82, 2.24) is 20.9 Å². The molecular weight excluding hydrogens is 284 g/mol. The van der Waals surface area contributed by atoms with Crippen LogP contribution in [0.4, 0.5) is 0 Å². The summed E-state index contributed by atoms with van der Waals surface area (Å²) in [5, 5.41) is 17.4. The van der Waals surface area contributed by atoms with Crippen molar-refractivity contribution in [3.63, 3.8) is 0 Å². The minimum atomic E-state index is -1.48. The fraction of sp³-hybridized carbons (Fsp3) is 0.533. The molecule has 0 aliphatic heterocycles. The van der Waals surface area contributed by atoms with E-state index in [0.717, 1.165) is 43.7 Å². The van der Waals surface area contributed by atoms with Gasteiger partial charge in [-0.05, 0) is 50.2 Å². The van der Waals surface area contributed by atoms with Crippen molar-refractivity contribution >= 4 is 11.9 Å². The van der Waals surface area contributed by atoms with Crippen LogP contribution in [0.3, 0.4) is 0 Å². The van der Waals surface area contributed by atoms with Crippen molar-refractivity contribution in [3.8, 4) is 0 Å². The van der Waals surface area contributed by atoms with Gasteiger partial charge in [0, 0.05) is 19.3 Å².